The van der Waals surface area contributed by atoms with Gasteiger partial charge in [-0.25, -0.2) is 0 Å². The first-order valence-electron chi connectivity index (χ1n) is 9.60. The van der Waals surface area contributed by atoms with Crippen LogP contribution < -0.4 is 0 Å². The highest BCUT2D eigenvalue weighted by molar-refractivity contribution is 5.15. The van der Waals surface area contributed by atoms with Gasteiger partial charge in [0.05, 0.1) is 0 Å². The maximum absolute atomic E-state index is 13.1. The van der Waals surface area contributed by atoms with Crippen LogP contribution in [0.15, 0.2) is 24.1 Å². The third kappa shape index (κ3) is 5.48. The molecule has 0 aromatic carbocycles. The molecule has 0 bridgehead atoms. The molecule has 0 unspecified atom stereocenters. The second-order valence-corrected chi connectivity index (χ2v) is 7.67. The number of halogens is 1. The van der Waals surface area contributed by atoms with E-state index in [2.05, 4.69) is 13.5 Å². The van der Waals surface area contributed by atoms with E-state index in [-0.39, 0.29) is 5.92 Å². The van der Waals surface area contributed by atoms with Crippen LogP contribution in [0.25, 0.3) is 0 Å². The summed E-state index contributed by atoms with van der Waals surface area (Å²) in [5.41, 5.74) is 1.47. The number of nitrogens with zero attached hydrogens (tertiary/aromatic N) is 1. The molecule has 0 spiro atoms. The maximum Gasteiger partial charge on any atom is 0.196 e. The van der Waals surface area contributed by atoms with Crippen LogP contribution in [-0.2, 0) is 0 Å². The number of unbranched alkanes of at least 4 members (excludes halogenated alkanes) is 1. The molecular weight excluding hydrogens is 285 g/mol. The van der Waals surface area contributed by atoms with Crippen LogP contribution in [0.4, 0.5) is 4.39 Å². The molecule has 0 amide bonds. The average Bonchev–Trinajstić information content (AvgIpc) is 2.60. The lowest BCUT2D eigenvalue weighted by Gasteiger charge is -2.35. The average molecular weight is 317 g/mol. The van der Waals surface area contributed by atoms with Crippen LogP contribution in [0.5, 0.6) is 0 Å². The Morgan fingerprint density at radius 3 is 2.17 bits per heavy atom. The molecule has 2 aliphatic carbocycles. The molecule has 2 aliphatic rings. The van der Waals surface area contributed by atoms with Crippen molar-refractivity contribution in [2.24, 2.45) is 23.7 Å². The zero-order valence-electron chi connectivity index (χ0n) is 14.7. The van der Waals surface area contributed by atoms with Crippen molar-refractivity contribution >= 4 is 0 Å². The van der Waals surface area contributed by atoms with Gasteiger partial charge in [0.25, 0.3) is 0 Å². The lowest BCUT2D eigenvalue weighted by Crippen LogP contribution is -2.22. The Bertz CT molecular complexity index is 443. The van der Waals surface area contributed by atoms with Crippen molar-refractivity contribution < 1.29 is 4.39 Å². The minimum absolute atomic E-state index is 0.253. The van der Waals surface area contributed by atoms with E-state index in [9.17, 15) is 4.39 Å². The molecule has 2 rings (SSSR count). The molecule has 1 nitrogen and oxygen atoms in total. The van der Waals surface area contributed by atoms with Gasteiger partial charge in [0, 0.05) is 0 Å². The van der Waals surface area contributed by atoms with E-state index < -0.39 is 5.83 Å². The van der Waals surface area contributed by atoms with Gasteiger partial charge in [0.1, 0.15) is 6.07 Å². The fourth-order valence-corrected chi connectivity index (χ4v) is 4.55. The van der Waals surface area contributed by atoms with E-state index >= 15 is 0 Å². The SMILES string of the molecule is C=C(C1CCC(/C=C(/F)C#N)CC1)C1CCC(CCCC)CC1. The van der Waals surface area contributed by atoms with Crippen LogP contribution in [0.3, 0.4) is 0 Å². The molecule has 0 radical (unpaired) electrons. The number of rotatable bonds is 6. The van der Waals surface area contributed by atoms with E-state index in [0.717, 1.165) is 37.5 Å². The third-order valence-electron chi connectivity index (χ3n) is 6.12. The molecule has 23 heavy (non-hydrogen) atoms. The number of hydrogen-bond donors (Lipinski definition) is 0. The highest BCUT2D eigenvalue weighted by Crippen LogP contribution is 2.42. The standard InChI is InChI=1S/C21H32FN/c1-3-4-5-17-6-10-19(11-7-17)16(2)20-12-8-18(9-13-20)14-21(22)15-23/h14,17-20H,2-13H2,1H3/b21-14+. The first-order chi connectivity index (χ1) is 11.1. The van der Waals surface area contributed by atoms with Crippen molar-refractivity contribution in [3.63, 3.8) is 0 Å². The van der Waals surface area contributed by atoms with E-state index in [0.29, 0.717) is 5.92 Å². The number of allylic oxidation sites excluding steroid dienone is 3. The molecule has 2 heteroatoms. The third-order valence-corrected chi connectivity index (χ3v) is 6.12. The van der Waals surface area contributed by atoms with Gasteiger partial charge in [-0.1, -0.05) is 38.3 Å². The fourth-order valence-electron chi connectivity index (χ4n) is 4.55. The van der Waals surface area contributed by atoms with Crippen molar-refractivity contribution in [1.82, 2.24) is 0 Å². The Hall–Kier alpha value is -1.10. The fraction of sp³-hybridized carbons (Fsp3) is 0.762. The Balaban J connectivity index is 1.74. The second-order valence-electron chi connectivity index (χ2n) is 7.67. The maximum atomic E-state index is 13.1. The molecule has 2 saturated carbocycles. The Kier molecular flexibility index (Phi) is 7.34. The summed E-state index contributed by atoms with van der Waals surface area (Å²) >= 11 is 0. The predicted molar refractivity (Wildman–Crippen MR) is 94.4 cm³/mol. The summed E-state index contributed by atoms with van der Waals surface area (Å²) in [5.74, 6) is 1.94. The van der Waals surface area contributed by atoms with Crippen LogP contribution in [0.1, 0.15) is 77.6 Å². The van der Waals surface area contributed by atoms with Gasteiger partial charge in [-0.05, 0) is 81.1 Å². The number of hydrogen-bond acceptors (Lipinski definition) is 1. The number of nitriles is 1. The smallest absolute Gasteiger partial charge is 0.195 e. The minimum atomic E-state index is -0.613. The van der Waals surface area contributed by atoms with Crippen LogP contribution in [0.2, 0.25) is 0 Å². The lowest BCUT2D eigenvalue weighted by atomic mass is 9.70. The van der Waals surface area contributed by atoms with Gasteiger partial charge in [-0.15, -0.1) is 0 Å². The minimum Gasteiger partial charge on any atom is -0.195 e. The van der Waals surface area contributed by atoms with E-state index in [1.165, 1.54) is 56.6 Å². The Morgan fingerprint density at radius 1 is 1.09 bits per heavy atom. The summed E-state index contributed by atoms with van der Waals surface area (Å²) in [7, 11) is 0. The predicted octanol–water partition coefficient (Wildman–Crippen LogP) is 6.72. The molecule has 0 N–H and O–H groups in total. The van der Waals surface area contributed by atoms with Gasteiger partial charge in [-0.3, -0.25) is 0 Å². The molecule has 0 atom stereocenters. The first-order valence-corrected chi connectivity index (χ1v) is 9.60. The van der Waals surface area contributed by atoms with Gasteiger partial charge < -0.3 is 0 Å². The van der Waals surface area contributed by atoms with Crippen molar-refractivity contribution in [2.75, 3.05) is 0 Å². The molecule has 2 fully saturated rings. The Morgan fingerprint density at radius 2 is 1.65 bits per heavy atom. The molecular formula is C21H32FN. The molecule has 0 aromatic rings. The highest BCUT2D eigenvalue weighted by Gasteiger charge is 2.29. The van der Waals surface area contributed by atoms with Gasteiger partial charge >= 0.3 is 0 Å². The van der Waals surface area contributed by atoms with Gasteiger partial charge in [-0.2, -0.15) is 9.65 Å². The highest BCUT2D eigenvalue weighted by atomic mass is 19.1. The van der Waals surface area contributed by atoms with Crippen LogP contribution in [0, 0.1) is 35.0 Å². The summed E-state index contributed by atoms with van der Waals surface area (Å²) in [4.78, 5) is 0. The zero-order chi connectivity index (χ0) is 16.7. The molecule has 0 aliphatic heterocycles. The van der Waals surface area contributed by atoms with Crippen LogP contribution in [-0.4, -0.2) is 0 Å². The Labute approximate surface area is 141 Å². The van der Waals surface area contributed by atoms with Crippen LogP contribution >= 0.6 is 0 Å². The van der Waals surface area contributed by atoms with Crippen molar-refractivity contribution in [1.29, 1.82) is 5.26 Å². The normalized spacial score (nSPS) is 32.3. The first kappa shape index (κ1) is 18.2. The zero-order valence-corrected chi connectivity index (χ0v) is 14.7. The van der Waals surface area contributed by atoms with E-state index in [1.807, 2.05) is 0 Å². The van der Waals surface area contributed by atoms with E-state index in [4.69, 9.17) is 5.26 Å². The van der Waals surface area contributed by atoms with Gasteiger partial charge in [0.15, 0.2) is 5.83 Å². The summed E-state index contributed by atoms with van der Waals surface area (Å²) in [6.07, 6.45) is 15.3. The molecule has 0 heterocycles. The lowest BCUT2D eigenvalue weighted by molar-refractivity contribution is 0.253. The summed E-state index contributed by atoms with van der Waals surface area (Å²) in [6, 6.07) is 1.59. The monoisotopic (exact) mass is 317 g/mol. The second kappa shape index (κ2) is 9.26. The summed E-state index contributed by atoms with van der Waals surface area (Å²) in [6.45, 7) is 6.73. The quantitative estimate of drug-likeness (QED) is 0.394. The van der Waals surface area contributed by atoms with Crippen molar-refractivity contribution in [2.45, 2.75) is 77.6 Å². The van der Waals surface area contributed by atoms with E-state index in [1.54, 1.807) is 6.07 Å². The van der Waals surface area contributed by atoms with Crippen molar-refractivity contribution in [3.05, 3.63) is 24.1 Å². The van der Waals surface area contributed by atoms with Gasteiger partial charge in [0.2, 0.25) is 0 Å². The molecule has 128 valence electrons. The van der Waals surface area contributed by atoms with Crippen molar-refractivity contribution in [3.8, 4) is 6.07 Å². The topological polar surface area (TPSA) is 23.8 Å². The molecule has 0 aromatic heterocycles. The summed E-state index contributed by atoms with van der Waals surface area (Å²) < 4.78 is 13.1. The largest absolute Gasteiger partial charge is 0.196 e. The summed E-state index contributed by atoms with van der Waals surface area (Å²) in [5, 5.41) is 8.54. The molecule has 0 saturated heterocycles.